The topological polar surface area (TPSA) is 82.6 Å². The summed E-state index contributed by atoms with van der Waals surface area (Å²) in [7, 11) is -3.67. The zero-order valence-electron chi connectivity index (χ0n) is 23.0. The summed E-state index contributed by atoms with van der Waals surface area (Å²) in [6.45, 7) is 5.75. The Morgan fingerprint density at radius 3 is 2.32 bits per heavy atom. The van der Waals surface area contributed by atoms with E-state index in [0.717, 1.165) is 29.6 Å². The van der Waals surface area contributed by atoms with Crippen LogP contribution in [0.25, 0.3) is 0 Å². The number of carbonyl (C=O) groups excluding carboxylic acids is 1. The number of aromatic nitrogens is 1. The first-order valence-corrected chi connectivity index (χ1v) is 15.0. The molecule has 1 aliphatic heterocycles. The van der Waals surface area contributed by atoms with Crippen LogP contribution in [0.5, 0.6) is 0 Å². The predicted octanol–water partition coefficient (Wildman–Crippen LogP) is 5.55. The van der Waals surface area contributed by atoms with Crippen molar-refractivity contribution in [2.75, 3.05) is 47.0 Å². The molecule has 1 unspecified atom stereocenters. The van der Waals surface area contributed by atoms with E-state index < -0.39 is 33.6 Å². The van der Waals surface area contributed by atoms with E-state index >= 15 is 0 Å². The summed E-state index contributed by atoms with van der Waals surface area (Å²) in [4.78, 5) is 21.0. The molecule has 12 heteroatoms. The molecule has 0 bridgehead atoms. The minimum absolute atomic E-state index is 0.00935. The van der Waals surface area contributed by atoms with Crippen molar-refractivity contribution in [3.8, 4) is 0 Å². The molecule has 7 nitrogen and oxygen atoms in total. The van der Waals surface area contributed by atoms with Crippen LogP contribution in [0, 0.1) is 12.7 Å². The first-order chi connectivity index (χ1) is 19.2. The van der Waals surface area contributed by atoms with Crippen LogP contribution in [-0.4, -0.2) is 51.6 Å². The van der Waals surface area contributed by atoms with Gasteiger partial charge in [-0.15, -0.1) is 0 Å². The third-order valence-corrected chi connectivity index (χ3v) is 7.70. The number of alkyl halides is 3. The van der Waals surface area contributed by atoms with Gasteiger partial charge in [-0.3, -0.25) is 9.52 Å². The number of nitrogens with one attached hydrogen (secondary N) is 1. The molecule has 1 N–H and O–H groups in total. The van der Waals surface area contributed by atoms with E-state index in [9.17, 15) is 30.8 Å². The van der Waals surface area contributed by atoms with Crippen molar-refractivity contribution in [1.82, 2.24) is 4.98 Å². The molecule has 1 fully saturated rings. The molecule has 1 saturated heterocycles. The highest BCUT2D eigenvalue weighted by Crippen LogP contribution is 2.32. The van der Waals surface area contributed by atoms with Gasteiger partial charge in [0, 0.05) is 44.2 Å². The van der Waals surface area contributed by atoms with Gasteiger partial charge in [-0.05, 0) is 60.4 Å². The number of hydrogen-bond acceptors (Lipinski definition) is 6. The van der Waals surface area contributed by atoms with Crippen LogP contribution in [0.4, 0.5) is 34.8 Å². The number of anilines is 3. The molecule has 41 heavy (non-hydrogen) atoms. The lowest BCUT2D eigenvalue weighted by Gasteiger charge is -2.37. The first-order valence-electron chi connectivity index (χ1n) is 13.1. The van der Waals surface area contributed by atoms with E-state index in [4.69, 9.17) is 0 Å². The standard InChI is InChI=1S/C29H32F4N4O3S/c1-19-5-4-6-23(17-19)36-13-15-37(16-14-36)28-21(9-12-27(34-28)29(31,32)33)8-11-26(38)20(2)22-7-10-25(24(30)18-22)35-41(3,39)40/h4-7,9-10,12,17-18,20,35H,8,11,13-16H2,1-3H3. The minimum atomic E-state index is -4.61. The maximum atomic E-state index is 14.5. The maximum Gasteiger partial charge on any atom is 0.433 e. The van der Waals surface area contributed by atoms with Gasteiger partial charge >= 0.3 is 6.18 Å². The van der Waals surface area contributed by atoms with Crippen molar-refractivity contribution in [2.45, 2.75) is 38.8 Å². The summed E-state index contributed by atoms with van der Waals surface area (Å²) >= 11 is 0. The zero-order valence-corrected chi connectivity index (χ0v) is 23.8. The van der Waals surface area contributed by atoms with E-state index in [0.29, 0.717) is 37.3 Å². The number of nitrogens with zero attached hydrogens (tertiary/aromatic N) is 3. The Kier molecular flexibility index (Phi) is 8.91. The first kappa shape index (κ1) is 30.3. The van der Waals surface area contributed by atoms with Gasteiger partial charge in [-0.2, -0.15) is 13.2 Å². The monoisotopic (exact) mass is 592 g/mol. The average molecular weight is 593 g/mol. The average Bonchev–Trinajstić information content (AvgIpc) is 2.91. The van der Waals surface area contributed by atoms with E-state index in [1.165, 1.54) is 18.2 Å². The fourth-order valence-electron chi connectivity index (χ4n) is 4.85. The van der Waals surface area contributed by atoms with E-state index in [-0.39, 0.29) is 30.1 Å². The molecule has 4 rings (SSSR count). The highest BCUT2D eigenvalue weighted by molar-refractivity contribution is 7.92. The summed E-state index contributed by atoms with van der Waals surface area (Å²) in [6, 6.07) is 14.2. The van der Waals surface area contributed by atoms with E-state index in [1.54, 1.807) is 6.92 Å². The number of ketones is 1. The lowest BCUT2D eigenvalue weighted by Crippen LogP contribution is -2.47. The van der Waals surface area contributed by atoms with Crippen LogP contribution in [0.1, 0.15) is 41.6 Å². The van der Waals surface area contributed by atoms with Crippen LogP contribution in [0.3, 0.4) is 0 Å². The van der Waals surface area contributed by atoms with Crippen LogP contribution in [-0.2, 0) is 27.4 Å². The Bertz CT molecular complexity index is 1520. The summed E-state index contributed by atoms with van der Waals surface area (Å²) in [5, 5.41) is 0. The van der Waals surface area contributed by atoms with Gasteiger partial charge in [0.1, 0.15) is 23.1 Å². The van der Waals surface area contributed by atoms with Gasteiger partial charge in [-0.25, -0.2) is 17.8 Å². The quantitative estimate of drug-likeness (QED) is 0.328. The van der Waals surface area contributed by atoms with Crippen molar-refractivity contribution in [1.29, 1.82) is 0 Å². The molecule has 2 heterocycles. The zero-order chi connectivity index (χ0) is 29.9. The molecule has 220 valence electrons. The Hall–Kier alpha value is -3.67. The Morgan fingerprint density at radius 2 is 1.71 bits per heavy atom. The predicted molar refractivity (Wildman–Crippen MR) is 151 cm³/mol. The smallest absolute Gasteiger partial charge is 0.368 e. The molecule has 3 aromatic rings. The highest BCUT2D eigenvalue weighted by Gasteiger charge is 2.34. The van der Waals surface area contributed by atoms with Crippen molar-refractivity contribution < 1.29 is 30.8 Å². The second-order valence-electron chi connectivity index (χ2n) is 10.3. The summed E-state index contributed by atoms with van der Waals surface area (Å²) < 4.78 is 80.0. The molecular weight excluding hydrogens is 560 g/mol. The molecule has 0 saturated carbocycles. The number of sulfonamides is 1. The summed E-state index contributed by atoms with van der Waals surface area (Å²) in [5.41, 5.74) is 1.85. The van der Waals surface area contributed by atoms with Gasteiger partial charge in [0.2, 0.25) is 10.0 Å². The number of rotatable bonds is 9. The number of aryl methyl sites for hydroxylation is 2. The highest BCUT2D eigenvalue weighted by atomic mass is 32.2. The molecule has 1 aliphatic rings. The van der Waals surface area contributed by atoms with Gasteiger partial charge in [0.05, 0.1) is 11.9 Å². The van der Waals surface area contributed by atoms with Crippen LogP contribution in [0.15, 0.2) is 54.6 Å². The number of carbonyl (C=O) groups is 1. The van der Waals surface area contributed by atoms with Crippen molar-refractivity contribution >= 4 is 33.0 Å². The third kappa shape index (κ3) is 7.75. The van der Waals surface area contributed by atoms with Gasteiger partial charge in [0.25, 0.3) is 0 Å². The van der Waals surface area contributed by atoms with Crippen molar-refractivity contribution in [2.24, 2.45) is 0 Å². The fourth-order valence-corrected chi connectivity index (χ4v) is 5.41. The van der Waals surface area contributed by atoms with Crippen molar-refractivity contribution in [3.63, 3.8) is 0 Å². The van der Waals surface area contributed by atoms with Crippen molar-refractivity contribution in [3.05, 3.63) is 82.8 Å². The SMILES string of the molecule is Cc1cccc(N2CCN(c3nc(C(F)(F)F)ccc3CCC(=O)C(C)c3ccc(NS(C)(=O)=O)c(F)c3)CC2)c1. The maximum absolute atomic E-state index is 14.5. The third-order valence-electron chi connectivity index (χ3n) is 7.10. The molecule has 0 aliphatic carbocycles. The molecule has 1 aromatic heterocycles. The molecule has 1 atom stereocenters. The summed E-state index contributed by atoms with van der Waals surface area (Å²) in [6.07, 6.45) is -3.53. The molecule has 2 aromatic carbocycles. The minimum Gasteiger partial charge on any atom is -0.368 e. The lowest BCUT2D eigenvalue weighted by atomic mass is 9.92. The molecular formula is C29H32F4N4O3S. The Morgan fingerprint density at radius 1 is 1.02 bits per heavy atom. The fraction of sp³-hybridized carbons (Fsp3) is 0.379. The second-order valence-corrected chi connectivity index (χ2v) is 12.0. The molecule has 0 spiro atoms. The molecule has 0 radical (unpaired) electrons. The normalized spacial score (nSPS) is 15.1. The number of Topliss-reactive ketones (excluding diaryl/α,β-unsaturated/α-hetero) is 1. The number of hydrogen-bond donors (Lipinski definition) is 1. The van der Waals surface area contributed by atoms with Crippen LogP contribution < -0.4 is 14.5 Å². The second kappa shape index (κ2) is 12.1. The summed E-state index contributed by atoms with van der Waals surface area (Å²) in [5.74, 6) is -1.54. The lowest BCUT2D eigenvalue weighted by molar-refractivity contribution is -0.141. The van der Waals surface area contributed by atoms with Crippen LogP contribution >= 0.6 is 0 Å². The Labute approximate surface area is 237 Å². The van der Waals surface area contributed by atoms with Gasteiger partial charge in [0.15, 0.2) is 0 Å². The number of piperazine rings is 1. The van der Waals surface area contributed by atoms with Gasteiger partial charge < -0.3 is 9.80 Å². The van der Waals surface area contributed by atoms with Crippen LogP contribution in [0.2, 0.25) is 0 Å². The number of benzene rings is 2. The largest absolute Gasteiger partial charge is 0.433 e. The molecule has 0 amide bonds. The van der Waals surface area contributed by atoms with Gasteiger partial charge in [-0.1, -0.05) is 31.2 Å². The number of pyridine rings is 1. The Balaban J connectivity index is 1.48. The van der Waals surface area contributed by atoms with E-state index in [2.05, 4.69) is 20.7 Å². The van der Waals surface area contributed by atoms with E-state index in [1.807, 2.05) is 30.0 Å². The number of halogens is 4.